The van der Waals surface area contributed by atoms with E-state index < -0.39 is 0 Å². The van der Waals surface area contributed by atoms with Crippen molar-refractivity contribution < 1.29 is 4.74 Å². The number of hydrogen-bond acceptors (Lipinski definition) is 4. The van der Waals surface area contributed by atoms with Gasteiger partial charge in [0.25, 0.3) is 0 Å². The van der Waals surface area contributed by atoms with Crippen LogP contribution in [0.4, 0.5) is 5.95 Å². The summed E-state index contributed by atoms with van der Waals surface area (Å²) in [6.45, 7) is 1.14. The average Bonchev–Trinajstić information content (AvgIpc) is 2.84. The van der Waals surface area contributed by atoms with Gasteiger partial charge in [-0.25, -0.2) is 9.97 Å². The van der Waals surface area contributed by atoms with Crippen LogP contribution in [0.2, 0.25) is 0 Å². The van der Waals surface area contributed by atoms with Gasteiger partial charge in [-0.05, 0) is 0 Å². The molecule has 80 valence electrons. The van der Waals surface area contributed by atoms with E-state index in [-0.39, 0.29) is 0 Å². The van der Waals surface area contributed by atoms with Crippen LogP contribution < -0.4 is 5.73 Å². The van der Waals surface area contributed by atoms with Crippen LogP contribution in [0.5, 0.6) is 0 Å². The summed E-state index contributed by atoms with van der Waals surface area (Å²) in [6, 6.07) is 0. The Bertz CT molecular complexity index is 394. The first-order valence-corrected chi connectivity index (χ1v) is 4.69. The molecule has 0 bridgehead atoms. The second-order valence-electron chi connectivity index (χ2n) is 3.17. The smallest absolute Gasteiger partial charge is 0.197 e. The lowest BCUT2D eigenvalue weighted by Crippen LogP contribution is -1.99. The number of aromatic amines is 2. The SMILES string of the molecule is Nc1ncc(COCCc2cnc[nH]2)[nH]1. The number of H-pyrrole nitrogens is 2. The van der Waals surface area contributed by atoms with Gasteiger partial charge in [0.05, 0.1) is 31.4 Å². The Labute approximate surface area is 86.9 Å². The van der Waals surface area contributed by atoms with Crippen LogP contribution in [0.15, 0.2) is 18.7 Å². The molecule has 0 aromatic carbocycles. The number of nitrogens with zero attached hydrogens (tertiary/aromatic N) is 2. The Morgan fingerprint density at radius 1 is 1.33 bits per heavy atom. The highest BCUT2D eigenvalue weighted by Gasteiger charge is 1.98. The highest BCUT2D eigenvalue weighted by Crippen LogP contribution is 2.00. The van der Waals surface area contributed by atoms with E-state index in [2.05, 4.69) is 19.9 Å². The van der Waals surface area contributed by atoms with E-state index in [0.717, 1.165) is 17.8 Å². The summed E-state index contributed by atoms with van der Waals surface area (Å²) in [7, 11) is 0. The molecule has 0 fully saturated rings. The second kappa shape index (κ2) is 4.61. The predicted octanol–water partition coefficient (Wildman–Crippen LogP) is 0.474. The number of imidazole rings is 2. The maximum absolute atomic E-state index is 5.43. The number of nitrogen functional groups attached to an aromatic ring is 1. The van der Waals surface area contributed by atoms with Crippen molar-refractivity contribution in [3.63, 3.8) is 0 Å². The van der Waals surface area contributed by atoms with Gasteiger partial charge >= 0.3 is 0 Å². The van der Waals surface area contributed by atoms with Crippen molar-refractivity contribution >= 4 is 5.95 Å². The van der Waals surface area contributed by atoms with Gasteiger partial charge in [0.2, 0.25) is 0 Å². The lowest BCUT2D eigenvalue weighted by Gasteiger charge is -2.00. The molecule has 0 amide bonds. The summed E-state index contributed by atoms with van der Waals surface area (Å²) in [5.74, 6) is 0.419. The third-order valence-electron chi connectivity index (χ3n) is 1.98. The molecule has 0 aliphatic heterocycles. The first-order valence-electron chi connectivity index (χ1n) is 4.69. The molecule has 0 radical (unpaired) electrons. The Morgan fingerprint density at radius 3 is 2.93 bits per heavy atom. The Balaban J connectivity index is 1.67. The van der Waals surface area contributed by atoms with E-state index >= 15 is 0 Å². The first-order chi connectivity index (χ1) is 7.34. The van der Waals surface area contributed by atoms with Gasteiger partial charge in [-0.3, -0.25) is 0 Å². The summed E-state index contributed by atoms with van der Waals surface area (Å²) in [5, 5.41) is 0. The van der Waals surface area contributed by atoms with Crippen molar-refractivity contribution in [2.45, 2.75) is 13.0 Å². The van der Waals surface area contributed by atoms with Crippen molar-refractivity contribution in [2.24, 2.45) is 0 Å². The minimum atomic E-state index is 0.419. The van der Waals surface area contributed by atoms with Gasteiger partial charge in [-0.15, -0.1) is 0 Å². The lowest BCUT2D eigenvalue weighted by molar-refractivity contribution is 0.121. The summed E-state index contributed by atoms with van der Waals surface area (Å²) >= 11 is 0. The largest absolute Gasteiger partial charge is 0.375 e. The van der Waals surface area contributed by atoms with E-state index in [4.69, 9.17) is 10.5 Å². The molecular weight excluding hydrogens is 194 g/mol. The Kier molecular flexibility index (Phi) is 2.99. The van der Waals surface area contributed by atoms with Gasteiger partial charge < -0.3 is 20.4 Å². The number of nitrogens with two attached hydrogens (primary N) is 1. The molecule has 2 heterocycles. The third-order valence-corrected chi connectivity index (χ3v) is 1.98. The standard InChI is InChI=1S/C9H13N5O/c10-9-12-4-8(14-9)5-15-2-1-7-3-11-6-13-7/h3-4,6H,1-2,5H2,(H,11,13)(H3,10,12,14). The summed E-state index contributed by atoms with van der Waals surface area (Å²) < 4.78 is 5.43. The number of anilines is 1. The molecule has 0 saturated heterocycles. The van der Waals surface area contributed by atoms with Crippen molar-refractivity contribution in [2.75, 3.05) is 12.3 Å². The van der Waals surface area contributed by atoms with Crippen molar-refractivity contribution in [1.82, 2.24) is 19.9 Å². The number of ether oxygens (including phenoxy) is 1. The number of hydrogen-bond donors (Lipinski definition) is 3. The molecule has 6 heteroatoms. The number of aromatic nitrogens is 4. The zero-order valence-corrected chi connectivity index (χ0v) is 8.23. The summed E-state index contributed by atoms with van der Waals surface area (Å²) in [6.07, 6.45) is 5.94. The van der Waals surface area contributed by atoms with Crippen LogP contribution in [-0.4, -0.2) is 26.5 Å². The molecule has 2 rings (SSSR count). The molecule has 0 aliphatic rings. The molecule has 2 aromatic rings. The molecule has 6 nitrogen and oxygen atoms in total. The van der Waals surface area contributed by atoms with Crippen molar-refractivity contribution in [3.05, 3.63) is 30.1 Å². The number of rotatable bonds is 5. The fourth-order valence-electron chi connectivity index (χ4n) is 1.24. The Hall–Kier alpha value is -1.82. The van der Waals surface area contributed by atoms with Gasteiger partial charge in [0.15, 0.2) is 5.95 Å². The van der Waals surface area contributed by atoms with Crippen molar-refractivity contribution in [1.29, 1.82) is 0 Å². The zero-order valence-electron chi connectivity index (χ0n) is 8.23. The zero-order chi connectivity index (χ0) is 10.5. The molecule has 0 unspecified atom stereocenters. The molecule has 0 atom stereocenters. The molecule has 2 aromatic heterocycles. The summed E-state index contributed by atoms with van der Waals surface area (Å²) in [4.78, 5) is 13.7. The van der Waals surface area contributed by atoms with E-state index in [1.54, 1.807) is 18.7 Å². The normalized spacial score (nSPS) is 10.7. The number of nitrogens with one attached hydrogen (secondary N) is 2. The van der Waals surface area contributed by atoms with Crippen LogP contribution >= 0.6 is 0 Å². The fraction of sp³-hybridized carbons (Fsp3) is 0.333. The lowest BCUT2D eigenvalue weighted by atomic mass is 10.3. The predicted molar refractivity (Wildman–Crippen MR) is 54.9 cm³/mol. The topological polar surface area (TPSA) is 92.6 Å². The molecule has 4 N–H and O–H groups in total. The third kappa shape index (κ3) is 2.81. The molecule has 0 saturated carbocycles. The van der Waals surface area contributed by atoms with Gasteiger partial charge in [-0.2, -0.15) is 0 Å². The maximum atomic E-state index is 5.43. The minimum absolute atomic E-state index is 0.419. The average molecular weight is 207 g/mol. The van der Waals surface area contributed by atoms with Crippen molar-refractivity contribution in [3.8, 4) is 0 Å². The second-order valence-corrected chi connectivity index (χ2v) is 3.17. The maximum Gasteiger partial charge on any atom is 0.197 e. The first kappa shape index (κ1) is 9.72. The van der Waals surface area contributed by atoms with Crippen LogP contribution in [0.1, 0.15) is 11.4 Å². The minimum Gasteiger partial charge on any atom is -0.375 e. The highest BCUT2D eigenvalue weighted by atomic mass is 16.5. The van der Waals surface area contributed by atoms with Crippen LogP contribution in [-0.2, 0) is 17.8 Å². The molecule has 0 spiro atoms. The van der Waals surface area contributed by atoms with Crippen LogP contribution in [0.25, 0.3) is 0 Å². The van der Waals surface area contributed by atoms with Gasteiger partial charge in [0.1, 0.15) is 0 Å². The Morgan fingerprint density at radius 2 is 2.27 bits per heavy atom. The van der Waals surface area contributed by atoms with Crippen LogP contribution in [0, 0.1) is 0 Å². The molecule has 15 heavy (non-hydrogen) atoms. The van der Waals surface area contributed by atoms with Gasteiger partial charge in [0, 0.05) is 18.3 Å². The van der Waals surface area contributed by atoms with E-state index in [1.807, 2.05) is 0 Å². The van der Waals surface area contributed by atoms with E-state index in [1.165, 1.54) is 0 Å². The van der Waals surface area contributed by atoms with Crippen LogP contribution in [0.3, 0.4) is 0 Å². The van der Waals surface area contributed by atoms with Gasteiger partial charge in [-0.1, -0.05) is 0 Å². The summed E-state index contributed by atoms with van der Waals surface area (Å²) in [5.41, 5.74) is 7.38. The van der Waals surface area contributed by atoms with E-state index in [0.29, 0.717) is 19.2 Å². The molecule has 0 aliphatic carbocycles. The fourth-order valence-corrected chi connectivity index (χ4v) is 1.24. The molecular formula is C9H13N5O. The van der Waals surface area contributed by atoms with E-state index in [9.17, 15) is 0 Å². The monoisotopic (exact) mass is 207 g/mol. The highest BCUT2D eigenvalue weighted by molar-refractivity contribution is 5.17. The quantitative estimate of drug-likeness (QED) is 0.621.